The molecule has 2 aromatic heterocycles. The van der Waals surface area contributed by atoms with Gasteiger partial charge in [0.1, 0.15) is 4.70 Å². The largest absolute Gasteiger partial charge is 0.301 e. The molecule has 0 saturated heterocycles. The molecule has 0 aliphatic heterocycles. The van der Waals surface area contributed by atoms with Gasteiger partial charge in [-0.1, -0.05) is 0 Å². The van der Waals surface area contributed by atoms with Crippen LogP contribution in [0.3, 0.4) is 0 Å². The Hall–Kier alpha value is -1.23. The number of nitrogens with zero attached hydrogens (tertiary/aromatic N) is 3. The average molecular weight is 181 g/mol. The maximum Gasteiger partial charge on any atom is 0.272 e. The molecule has 0 aromatic carbocycles. The highest BCUT2D eigenvalue weighted by Gasteiger charge is 2.05. The van der Waals surface area contributed by atoms with E-state index in [1.54, 1.807) is 7.05 Å². The standard InChI is InChI=1S/C7H7N3OS/c1-4-9-6-5(12-4)7(11)10(2)3-8-6/h3H,1-2H3. The van der Waals surface area contributed by atoms with Gasteiger partial charge in [-0.25, -0.2) is 9.97 Å². The maximum absolute atomic E-state index is 11.4. The Morgan fingerprint density at radius 1 is 1.58 bits per heavy atom. The SMILES string of the molecule is Cc1nc2ncn(C)c(=O)c2s1. The van der Waals surface area contributed by atoms with E-state index < -0.39 is 0 Å². The van der Waals surface area contributed by atoms with E-state index >= 15 is 0 Å². The zero-order valence-corrected chi connectivity index (χ0v) is 7.55. The Bertz CT molecular complexity index is 485. The molecule has 0 bridgehead atoms. The fraction of sp³-hybridized carbons (Fsp3) is 0.286. The van der Waals surface area contributed by atoms with E-state index in [9.17, 15) is 4.79 Å². The van der Waals surface area contributed by atoms with Crippen LogP contribution in [0.4, 0.5) is 0 Å². The summed E-state index contributed by atoms with van der Waals surface area (Å²) in [5.41, 5.74) is 0.534. The summed E-state index contributed by atoms with van der Waals surface area (Å²) in [6.07, 6.45) is 1.49. The zero-order valence-electron chi connectivity index (χ0n) is 6.74. The van der Waals surface area contributed by atoms with Gasteiger partial charge < -0.3 is 4.57 Å². The first kappa shape index (κ1) is 7.42. The molecular weight excluding hydrogens is 174 g/mol. The minimum Gasteiger partial charge on any atom is -0.301 e. The number of aromatic nitrogens is 3. The summed E-state index contributed by atoms with van der Waals surface area (Å²) in [7, 11) is 1.68. The number of fused-ring (bicyclic) bond motifs is 1. The number of hydrogen-bond acceptors (Lipinski definition) is 4. The highest BCUT2D eigenvalue weighted by atomic mass is 32.1. The fourth-order valence-corrected chi connectivity index (χ4v) is 1.85. The lowest BCUT2D eigenvalue weighted by Crippen LogP contribution is -2.15. The van der Waals surface area contributed by atoms with Crippen molar-refractivity contribution >= 4 is 21.7 Å². The van der Waals surface area contributed by atoms with Crippen molar-refractivity contribution in [1.82, 2.24) is 14.5 Å². The minimum atomic E-state index is -0.0226. The van der Waals surface area contributed by atoms with E-state index in [0.29, 0.717) is 10.3 Å². The van der Waals surface area contributed by atoms with Crippen molar-refractivity contribution in [2.24, 2.45) is 7.05 Å². The smallest absolute Gasteiger partial charge is 0.272 e. The van der Waals surface area contributed by atoms with E-state index in [1.165, 1.54) is 22.2 Å². The molecule has 4 nitrogen and oxygen atoms in total. The monoisotopic (exact) mass is 181 g/mol. The van der Waals surface area contributed by atoms with Gasteiger partial charge in [-0.15, -0.1) is 11.3 Å². The summed E-state index contributed by atoms with van der Waals surface area (Å²) in [5, 5.41) is 0.876. The topological polar surface area (TPSA) is 47.8 Å². The second kappa shape index (κ2) is 2.38. The van der Waals surface area contributed by atoms with Crippen molar-refractivity contribution in [1.29, 1.82) is 0 Å². The molecule has 2 rings (SSSR count). The highest BCUT2D eigenvalue weighted by Crippen LogP contribution is 2.14. The van der Waals surface area contributed by atoms with E-state index in [4.69, 9.17) is 0 Å². The van der Waals surface area contributed by atoms with Gasteiger partial charge in [0, 0.05) is 7.05 Å². The normalized spacial score (nSPS) is 10.8. The molecule has 0 fully saturated rings. The summed E-state index contributed by atoms with van der Waals surface area (Å²) in [6.45, 7) is 1.87. The van der Waals surface area contributed by atoms with Gasteiger partial charge in [0.15, 0.2) is 5.65 Å². The maximum atomic E-state index is 11.4. The Balaban J connectivity index is 2.99. The molecule has 0 amide bonds. The first-order chi connectivity index (χ1) is 5.68. The summed E-state index contributed by atoms with van der Waals surface area (Å²) in [5.74, 6) is 0. The molecular formula is C7H7N3OS. The first-order valence-electron chi connectivity index (χ1n) is 3.47. The van der Waals surface area contributed by atoms with Crippen molar-refractivity contribution in [3.05, 3.63) is 21.7 Å². The van der Waals surface area contributed by atoms with E-state index in [-0.39, 0.29) is 5.56 Å². The van der Waals surface area contributed by atoms with Crippen LogP contribution in [-0.4, -0.2) is 14.5 Å². The second-order valence-corrected chi connectivity index (χ2v) is 3.75. The van der Waals surface area contributed by atoms with Gasteiger partial charge in [0.05, 0.1) is 11.3 Å². The van der Waals surface area contributed by atoms with Gasteiger partial charge in [-0.05, 0) is 6.92 Å². The van der Waals surface area contributed by atoms with E-state index in [1.807, 2.05) is 6.92 Å². The van der Waals surface area contributed by atoms with E-state index in [2.05, 4.69) is 9.97 Å². The molecule has 12 heavy (non-hydrogen) atoms. The molecule has 0 aliphatic carbocycles. The predicted octanol–water partition coefficient (Wildman–Crippen LogP) is 0.698. The minimum absolute atomic E-state index is 0.0226. The number of aryl methyl sites for hydroxylation is 2. The molecule has 5 heteroatoms. The number of hydrogen-bond donors (Lipinski definition) is 0. The lowest BCUT2D eigenvalue weighted by molar-refractivity contribution is 0.842. The summed E-state index contributed by atoms with van der Waals surface area (Å²) in [4.78, 5) is 19.6. The van der Waals surface area contributed by atoms with Crippen LogP contribution in [0.1, 0.15) is 5.01 Å². The lowest BCUT2D eigenvalue weighted by atomic mass is 10.6. The molecule has 0 radical (unpaired) electrons. The quantitative estimate of drug-likeness (QED) is 0.601. The molecule has 0 atom stereocenters. The number of rotatable bonds is 0. The summed E-state index contributed by atoms with van der Waals surface area (Å²) >= 11 is 1.39. The highest BCUT2D eigenvalue weighted by molar-refractivity contribution is 7.18. The molecule has 62 valence electrons. The Kier molecular flexibility index (Phi) is 1.47. The van der Waals surface area contributed by atoms with Gasteiger partial charge in [0.2, 0.25) is 0 Å². The van der Waals surface area contributed by atoms with Crippen LogP contribution in [0.2, 0.25) is 0 Å². The third-order valence-electron chi connectivity index (χ3n) is 1.58. The van der Waals surface area contributed by atoms with Gasteiger partial charge in [0.25, 0.3) is 5.56 Å². The molecule has 2 heterocycles. The van der Waals surface area contributed by atoms with Crippen molar-refractivity contribution < 1.29 is 0 Å². The average Bonchev–Trinajstić information content (AvgIpc) is 2.39. The van der Waals surface area contributed by atoms with Crippen molar-refractivity contribution in [3.8, 4) is 0 Å². The van der Waals surface area contributed by atoms with Gasteiger partial charge >= 0.3 is 0 Å². The van der Waals surface area contributed by atoms with Crippen LogP contribution in [0.15, 0.2) is 11.1 Å². The molecule has 0 N–H and O–H groups in total. The Morgan fingerprint density at radius 3 is 3.08 bits per heavy atom. The van der Waals surface area contributed by atoms with E-state index in [0.717, 1.165) is 5.01 Å². The van der Waals surface area contributed by atoms with Crippen LogP contribution < -0.4 is 5.56 Å². The first-order valence-corrected chi connectivity index (χ1v) is 4.29. The van der Waals surface area contributed by atoms with Crippen molar-refractivity contribution in [2.75, 3.05) is 0 Å². The molecule has 0 saturated carbocycles. The molecule has 0 spiro atoms. The second-order valence-electron chi connectivity index (χ2n) is 2.55. The van der Waals surface area contributed by atoms with Crippen LogP contribution in [0.25, 0.3) is 10.3 Å². The summed E-state index contributed by atoms with van der Waals surface area (Å²) < 4.78 is 2.09. The van der Waals surface area contributed by atoms with Crippen LogP contribution in [-0.2, 0) is 7.05 Å². The van der Waals surface area contributed by atoms with Crippen LogP contribution in [0.5, 0.6) is 0 Å². The van der Waals surface area contributed by atoms with Gasteiger partial charge in [-0.2, -0.15) is 0 Å². The third kappa shape index (κ3) is 0.937. The Morgan fingerprint density at radius 2 is 2.33 bits per heavy atom. The fourth-order valence-electron chi connectivity index (χ4n) is 0.997. The predicted molar refractivity (Wildman–Crippen MR) is 47.4 cm³/mol. The van der Waals surface area contributed by atoms with Crippen LogP contribution in [0, 0.1) is 6.92 Å². The lowest BCUT2D eigenvalue weighted by Gasteiger charge is -1.92. The molecule has 0 aliphatic rings. The van der Waals surface area contributed by atoms with Gasteiger partial charge in [-0.3, -0.25) is 4.79 Å². The third-order valence-corrected chi connectivity index (χ3v) is 2.53. The molecule has 0 unspecified atom stereocenters. The van der Waals surface area contributed by atoms with Crippen LogP contribution >= 0.6 is 11.3 Å². The molecule has 2 aromatic rings. The van der Waals surface area contributed by atoms with Crippen molar-refractivity contribution in [2.45, 2.75) is 6.92 Å². The number of thiazole rings is 1. The van der Waals surface area contributed by atoms with Crippen molar-refractivity contribution in [3.63, 3.8) is 0 Å². The summed E-state index contributed by atoms with van der Waals surface area (Å²) in [6, 6.07) is 0. The zero-order chi connectivity index (χ0) is 8.72. The Labute approximate surface area is 72.5 Å².